The second kappa shape index (κ2) is 13.0. The summed E-state index contributed by atoms with van der Waals surface area (Å²) in [5.41, 5.74) is 5.27. The van der Waals surface area contributed by atoms with Crippen LogP contribution in [-0.2, 0) is 19.3 Å². The van der Waals surface area contributed by atoms with E-state index in [9.17, 15) is 8.78 Å². The van der Waals surface area contributed by atoms with Crippen LogP contribution in [0.5, 0.6) is 0 Å². The van der Waals surface area contributed by atoms with Crippen molar-refractivity contribution in [3.05, 3.63) is 118 Å². The molecule has 36 heavy (non-hydrogen) atoms. The number of hydrogen-bond acceptors (Lipinski definition) is 0. The largest absolute Gasteiger partial charge is 0.207 e. The van der Waals surface area contributed by atoms with E-state index in [1.807, 2.05) is 19.1 Å². The van der Waals surface area contributed by atoms with Gasteiger partial charge in [-0.15, -0.1) is 0 Å². The fraction of sp³-hybridized carbons (Fsp3) is 0.412. The molecule has 0 radical (unpaired) electrons. The number of benzene rings is 3. The maximum atomic E-state index is 14.6. The third-order valence-electron chi connectivity index (χ3n) is 8.05. The van der Waals surface area contributed by atoms with E-state index in [1.54, 1.807) is 12.1 Å². The Hall–Kier alpha value is -2.74. The molecule has 2 heteroatoms. The van der Waals surface area contributed by atoms with Gasteiger partial charge in [-0.05, 0) is 117 Å². The molecule has 0 N–H and O–H groups in total. The average molecular weight is 487 g/mol. The molecule has 0 amide bonds. The van der Waals surface area contributed by atoms with Crippen LogP contribution >= 0.6 is 0 Å². The minimum Gasteiger partial charge on any atom is -0.207 e. The third-order valence-corrected chi connectivity index (χ3v) is 8.05. The summed E-state index contributed by atoms with van der Waals surface area (Å²) in [5.74, 6) is 0.745. The first-order chi connectivity index (χ1) is 17.5. The van der Waals surface area contributed by atoms with Gasteiger partial charge in [0.25, 0.3) is 0 Å². The Morgan fingerprint density at radius 2 is 1.47 bits per heavy atom. The molecule has 1 saturated carbocycles. The van der Waals surface area contributed by atoms with Crippen molar-refractivity contribution in [2.45, 2.75) is 83.5 Å². The molecule has 0 heterocycles. The van der Waals surface area contributed by atoms with Gasteiger partial charge >= 0.3 is 0 Å². The van der Waals surface area contributed by atoms with Gasteiger partial charge in [-0.1, -0.05) is 73.7 Å². The van der Waals surface area contributed by atoms with Gasteiger partial charge in [-0.3, -0.25) is 0 Å². The van der Waals surface area contributed by atoms with Crippen molar-refractivity contribution in [3.63, 3.8) is 0 Å². The highest BCUT2D eigenvalue weighted by atomic mass is 19.1. The van der Waals surface area contributed by atoms with Crippen molar-refractivity contribution >= 4 is 0 Å². The van der Waals surface area contributed by atoms with E-state index < -0.39 is 0 Å². The molecule has 4 rings (SSSR count). The Morgan fingerprint density at radius 1 is 0.833 bits per heavy atom. The van der Waals surface area contributed by atoms with E-state index in [4.69, 9.17) is 0 Å². The summed E-state index contributed by atoms with van der Waals surface area (Å²) in [4.78, 5) is 0. The molecule has 3 aromatic rings. The molecule has 1 fully saturated rings. The molecule has 0 bridgehead atoms. The van der Waals surface area contributed by atoms with Crippen LogP contribution in [0, 0.1) is 17.6 Å². The summed E-state index contributed by atoms with van der Waals surface area (Å²) >= 11 is 0. The normalized spacial score (nSPS) is 19.0. The van der Waals surface area contributed by atoms with Crippen molar-refractivity contribution < 1.29 is 8.78 Å². The van der Waals surface area contributed by atoms with E-state index in [0.717, 1.165) is 44.1 Å². The number of aryl methyl sites for hydroxylation is 1. The fourth-order valence-electron chi connectivity index (χ4n) is 5.74. The van der Waals surface area contributed by atoms with Crippen LogP contribution in [-0.4, -0.2) is 0 Å². The molecule has 1 aliphatic carbocycles. The number of allylic oxidation sites excluding steroid dienone is 2. The van der Waals surface area contributed by atoms with Gasteiger partial charge in [-0.2, -0.15) is 0 Å². The maximum absolute atomic E-state index is 14.6. The molecule has 0 saturated heterocycles. The molecule has 0 aliphatic heterocycles. The summed E-state index contributed by atoms with van der Waals surface area (Å²) < 4.78 is 29.2. The number of rotatable bonds is 10. The SMILES string of the molecule is CC=CCCc1c(F)cc(C2CCC(CCc3ccc(C[C@@H](C)c4ccccc4)cc3)CC2)cc1F. The highest BCUT2D eigenvalue weighted by Gasteiger charge is 2.24. The predicted octanol–water partition coefficient (Wildman–Crippen LogP) is 9.73. The van der Waals surface area contributed by atoms with Gasteiger partial charge in [0.05, 0.1) is 0 Å². The predicted molar refractivity (Wildman–Crippen MR) is 148 cm³/mol. The molecule has 3 aromatic carbocycles. The van der Waals surface area contributed by atoms with Crippen molar-refractivity contribution in [3.8, 4) is 0 Å². The molecular weight excluding hydrogens is 446 g/mol. The second-order valence-electron chi connectivity index (χ2n) is 10.7. The smallest absolute Gasteiger partial charge is 0.129 e. The van der Waals surface area contributed by atoms with Crippen molar-refractivity contribution in [1.82, 2.24) is 0 Å². The second-order valence-corrected chi connectivity index (χ2v) is 10.7. The minimum absolute atomic E-state index is 0.228. The molecule has 0 unspecified atom stereocenters. The summed E-state index contributed by atoms with van der Waals surface area (Å²) in [6, 6.07) is 23.1. The summed E-state index contributed by atoms with van der Waals surface area (Å²) in [6.45, 7) is 4.22. The van der Waals surface area contributed by atoms with Gasteiger partial charge in [0.15, 0.2) is 0 Å². The molecule has 0 aromatic heterocycles. The van der Waals surface area contributed by atoms with Gasteiger partial charge < -0.3 is 0 Å². The Labute approximate surface area is 216 Å². The van der Waals surface area contributed by atoms with Crippen LogP contribution in [0.1, 0.15) is 92.0 Å². The van der Waals surface area contributed by atoms with Gasteiger partial charge in [0.2, 0.25) is 0 Å². The van der Waals surface area contributed by atoms with E-state index in [2.05, 4.69) is 61.5 Å². The van der Waals surface area contributed by atoms with E-state index in [-0.39, 0.29) is 23.1 Å². The fourth-order valence-corrected chi connectivity index (χ4v) is 5.74. The lowest BCUT2D eigenvalue weighted by Gasteiger charge is -2.29. The third kappa shape index (κ3) is 7.15. The minimum atomic E-state index is -0.377. The Kier molecular flexibility index (Phi) is 9.50. The van der Waals surface area contributed by atoms with Crippen LogP contribution < -0.4 is 0 Å². The molecule has 0 spiro atoms. The van der Waals surface area contributed by atoms with Crippen LogP contribution in [0.3, 0.4) is 0 Å². The van der Waals surface area contributed by atoms with Crippen molar-refractivity contribution in [1.29, 1.82) is 0 Å². The van der Waals surface area contributed by atoms with Crippen LogP contribution in [0.15, 0.2) is 78.9 Å². The first-order valence-electron chi connectivity index (χ1n) is 13.7. The number of halogens is 2. The summed E-state index contributed by atoms with van der Waals surface area (Å²) in [5, 5.41) is 0. The summed E-state index contributed by atoms with van der Waals surface area (Å²) in [6.07, 6.45) is 12.7. The first-order valence-corrected chi connectivity index (χ1v) is 13.7. The number of hydrogen-bond donors (Lipinski definition) is 0. The van der Waals surface area contributed by atoms with E-state index in [1.165, 1.54) is 23.1 Å². The Bertz CT molecular complexity index is 1080. The monoisotopic (exact) mass is 486 g/mol. The van der Waals surface area contributed by atoms with Gasteiger partial charge in [0, 0.05) is 5.56 Å². The lowest BCUT2D eigenvalue weighted by molar-refractivity contribution is 0.309. The van der Waals surface area contributed by atoms with Gasteiger partial charge in [0.1, 0.15) is 11.6 Å². The Balaban J connectivity index is 1.24. The zero-order valence-electron chi connectivity index (χ0n) is 21.9. The highest BCUT2D eigenvalue weighted by molar-refractivity contribution is 5.30. The van der Waals surface area contributed by atoms with E-state index in [0.29, 0.717) is 24.7 Å². The average Bonchev–Trinajstić information content (AvgIpc) is 2.90. The van der Waals surface area contributed by atoms with Crippen LogP contribution in [0.2, 0.25) is 0 Å². The standard InChI is InChI=1S/C34H40F2/c1-3-4-6-11-32-33(35)23-31(24-34(32)36)30-20-18-27(19-21-30)13-12-26-14-16-28(17-15-26)22-25(2)29-9-7-5-8-10-29/h3-5,7-10,14-17,23-25,27,30H,6,11-13,18-22H2,1-2H3/t25-,27?,30?/m1/s1. The van der Waals surface area contributed by atoms with Crippen molar-refractivity contribution in [2.75, 3.05) is 0 Å². The maximum Gasteiger partial charge on any atom is 0.129 e. The van der Waals surface area contributed by atoms with Crippen LogP contribution in [0.25, 0.3) is 0 Å². The van der Waals surface area contributed by atoms with Crippen molar-refractivity contribution in [2.24, 2.45) is 5.92 Å². The first kappa shape index (κ1) is 26.3. The molecule has 190 valence electrons. The molecule has 1 aliphatic rings. The zero-order valence-corrected chi connectivity index (χ0v) is 21.9. The summed E-state index contributed by atoms with van der Waals surface area (Å²) in [7, 11) is 0. The zero-order chi connectivity index (χ0) is 25.3. The Morgan fingerprint density at radius 3 is 2.11 bits per heavy atom. The molecular formula is C34H40F2. The van der Waals surface area contributed by atoms with E-state index >= 15 is 0 Å². The lowest BCUT2D eigenvalue weighted by atomic mass is 9.76. The lowest BCUT2D eigenvalue weighted by Crippen LogP contribution is -2.15. The quantitative estimate of drug-likeness (QED) is 0.250. The highest BCUT2D eigenvalue weighted by Crippen LogP contribution is 2.38. The topological polar surface area (TPSA) is 0 Å². The molecule has 0 nitrogen and oxygen atoms in total. The van der Waals surface area contributed by atoms with Gasteiger partial charge in [-0.25, -0.2) is 8.78 Å². The van der Waals surface area contributed by atoms with Crippen LogP contribution in [0.4, 0.5) is 8.78 Å². The molecule has 1 atom stereocenters.